The zero-order valence-corrected chi connectivity index (χ0v) is 17.3. The van der Waals surface area contributed by atoms with Crippen molar-refractivity contribution in [1.82, 2.24) is 15.5 Å². The first-order valence-electron chi connectivity index (χ1n) is 9.54. The number of rotatable bonds is 8. The molecule has 0 saturated heterocycles. The molecule has 2 N–H and O–H groups in total. The molecule has 2 atom stereocenters. The van der Waals surface area contributed by atoms with Gasteiger partial charge in [0.25, 0.3) is 5.91 Å². The molecule has 150 valence electrons. The van der Waals surface area contributed by atoms with Gasteiger partial charge in [-0.15, -0.1) is 0 Å². The quantitative estimate of drug-likeness (QED) is 0.733. The summed E-state index contributed by atoms with van der Waals surface area (Å²) in [6.07, 6.45) is 0.733. The highest BCUT2D eigenvalue weighted by atomic mass is 16.2. The van der Waals surface area contributed by atoms with E-state index in [2.05, 4.69) is 10.6 Å². The SMILES string of the molecule is CC[C@@H](C)[C@H](NC(=O)c1ccccc1)C(=O)N(CC)CC(=O)NC(C)(C)C. The van der Waals surface area contributed by atoms with Crippen LogP contribution in [0.25, 0.3) is 0 Å². The minimum Gasteiger partial charge on any atom is -0.350 e. The van der Waals surface area contributed by atoms with Crippen molar-refractivity contribution >= 4 is 17.7 Å². The molecule has 0 unspecified atom stereocenters. The lowest BCUT2D eigenvalue weighted by Crippen LogP contribution is -2.54. The Labute approximate surface area is 162 Å². The summed E-state index contributed by atoms with van der Waals surface area (Å²) in [7, 11) is 0. The van der Waals surface area contributed by atoms with Gasteiger partial charge in [0.15, 0.2) is 0 Å². The van der Waals surface area contributed by atoms with E-state index in [9.17, 15) is 14.4 Å². The molecular formula is C21H33N3O3. The third-order valence-electron chi connectivity index (χ3n) is 4.34. The highest BCUT2D eigenvalue weighted by molar-refractivity contribution is 5.98. The first-order chi connectivity index (χ1) is 12.6. The van der Waals surface area contributed by atoms with Crippen LogP contribution in [-0.4, -0.2) is 47.3 Å². The molecule has 6 nitrogen and oxygen atoms in total. The van der Waals surface area contributed by atoms with E-state index in [1.807, 2.05) is 47.6 Å². The summed E-state index contributed by atoms with van der Waals surface area (Å²) in [6.45, 7) is 11.8. The van der Waals surface area contributed by atoms with Crippen LogP contribution in [0.15, 0.2) is 30.3 Å². The number of hydrogen-bond donors (Lipinski definition) is 2. The standard InChI is InChI=1S/C21H33N3O3/c1-7-15(3)18(22-19(26)16-12-10-9-11-13-16)20(27)24(8-2)14-17(25)23-21(4,5)6/h9-13,15,18H,7-8,14H2,1-6H3,(H,22,26)(H,23,25)/t15-,18+/m1/s1. The summed E-state index contributed by atoms with van der Waals surface area (Å²) in [5.74, 6) is -0.787. The van der Waals surface area contributed by atoms with Crippen LogP contribution in [0.4, 0.5) is 0 Å². The Morgan fingerprint density at radius 3 is 2.15 bits per heavy atom. The second-order valence-electron chi connectivity index (χ2n) is 7.85. The van der Waals surface area contributed by atoms with Crippen LogP contribution in [-0.2, 0) is 9.59 Å². The van der Waals surface area contributed by atoms with Gasteiger partial charge in [0, 0.05) is 17.6 Å². The molecule has 27 heavy (non-hydrogen) atoms. The lowest BCUT2D eigenvalue weighted by atomic mass is 9.97. The summed E-state index contributed by atoms with van der Waals surface area (Å²) in [6, 6.07) is 8.14. The van der Waals surface area contributed by atoms with Crippen LogP contribution in [0.1, 0.15) is 58.3 Å². The van der Waals surface area contributed by atoms with Crippen molar-refractivity contribution in [3.63, 3.8) is 0 Å². The van der Waals surface area contributed by atoms with Crippen LogP contribution in [0, 0.1) is 5.92 Å². The highest BCUT2D eigenvalue weighted by Gasteiger charge is 2.31. The molecule has 1 rings (SSSR count). The molecule has 0 saturated carbocycles. The fraction of sp³-hybridized carbons (Fsp3) is 0.571. The van der Waals surface area contributed by atoms with E-state index in [-0.39, 0.29) is 35.7 Å². The molecule has 0 bridgehead atoms. The number of benzene rings is 1. The lowest BCUT2D eigenvalue weighted by Gasteiger charge is -2.30. The zero-order chi connectivity index (χ0) is 20.6. The Morgan fingerprint density at radius 1 is 1.07 bits per heavy atom. The first kappa shape index (κ1) is 22.7. The summed E-state index contributed by atoms with van der Waals surface area (Å²) in [4.78, 5) is 39.3. The van der Waals surface area contributed by atoms with Crippen molar-refractivity contribution in [2.75, 3.05) is 13.1 Å². The molecular weight excluding hydrogens is 342 g/mol. The van der Waals surface area contributed by atoms with Crippen molar-refractivity contribution in [3.8, 4) is 0 Å². The van der Waals surface area contributed by atoms with Gasteiger partial charge in [-0.3, -0.25) is 14.4 Å². The fourth-order valence-corrected chi connectivity index (χ4v) is 2.67. The van der Waals surface area contributed by atoms with Gasteiger partial charge in [0.05, 0.1) is 6.54 Å². The molecule has 0 aliphatic carbocycles. The minimum atomic E-state index is -0.676. The lowest BCUT2D eigenvalue weighted by molar-refractivity contribution is -0.138. The maximum absolute atomic E-state index is 13.1. The number of likely N-dealkylation sites (N-methyl/N-ethyl adjacent to an activating group) is 1. The van der Waals surface area contributed by atoms with Crippen molar-refractivity contribution in [3.05, 3.63) is 35.9 Å². The Kier molecular flexibility index (Phi) is 8.47. The molecule has 0 aliphatic heterocycles. The number of carbonyl (C=O) groups excluding carboxylic acids is 3. The van der Waals surface area contributed by atoms with E-state index in [0.717, 1.165) is 6.42 Å². The van der Waals surface area contributed by atoms with Crippen LogP contribution >= 0.6 is 0 Å². The topological polar surface area (TPSA) is 78.5 Å². The maximum atomic E-state index is 13.1. The first-order valence-corrected chi connectivity index (χ1v) is 9.54. The zero-order valence-electron chi connectivity index (χ0n) is 17.3. The normalized spacial score (nSPS) is 13.4. The van der Waals surface area contributed by atoms with Gasteiger partial charge in [-0.1, -0.05) is 38.5 Å². The Bertz CT molecular complexity index is 638. The summed E-state index contributed by atoms with van der Waals surface area (Å²) < 4.78 is 0. The van der Waals surface area contributed by atoms with Crippen LogP contribution in [0.2, 0.25) is 0 Å². The summed E-state index contributed by atoms with van der Waals surface area (Å²) >= 11 is 0. The smallest absolute Gasteiger partial charge is 0.251 e. The third-order valence-corrected chi connectivity index (χ3v) is 4.34. The molecule has 0 aromatic heterocycles. The number of hydrogen-bond acceptors (Lipinski definition) is 3. The fourth-order valence-electron chi connectivity index (χ4n) is 2.67. The molecule has 0 radical (unpaired) electrons. The van der Waals surface area contributed by atoms with Gasteiger partial charge >= 0.3 is 0 Å². The average molecular weight is 376 g/mol. The van der Waals surface area contributed by atoms with E-state index in [1.54, 1.807) is 24.3 Å². The van der Waals surface area contributed by atoms with Gasteiger partial charge < -0.3 is 15.5 Å². The molecule has 0 aliphatic rings. The van der Waals surface area contributed by atoms with Gasteiger partial charge in [-0.2, -0.15) is 0 Å². The number of amides is 3. The highest BCUT2D eigenvalue weighted by Crippen LogP contribution is 2.13. The average Bonchev–Trinajstić information content (AvgIpc) is 2.62. The maximum Gasteiger partial charge on any atom is 0.251 e. The summed E-state index contributed by atoms with van der Waals surface area (Å²) in [5.41, 5.74) is 0.143. The van der Waals surface area contributed by atoms with Gasteiger partial charge in [-0.25, -0.2) is 0 Å². The van der Waals surface area contributed by atoms with Gasteiger partial charge in [0.1, 0.15) is 6.04 Å². The van der Waals surface area contributed by atoms with Crippen LogP contribution < -0.4 is 10.6 Å². The minimum absolute atomic E-state index is 0.0270. The van der Waals surface area contributed by atoms with Gasteiger partial charge in [-0.05, 0) is 45.7 Å². The molecule has 1 aromatic rings. The van der Waals surface area contributed by atoms with Crippen molar-refractivity contribution in [1.29, 1.82) is 0 Å². The van der Waals surface area contributed by atoms with Crippen molar-refractivity contribution < 1.29 is 14.4 Å². The molecule has 3 amide bonds. The largest absolute Gasteiger partial charge is 0.350 e. The predicted octanol–water partition coefficient (Wildman–Crippen LogP) is 2.59. The van der Waals surface area contributed by atoms with E-state index < -0.39 is 6.04 Å². The summed E-state index contributed by atoms with van der Waals surface area (Å²) in [5, 5.41) is 5.73. The second kappa shape index (κ2) is 10.1. The Balaban J connectivity index is 2.92. The van der Waals surface area contributed by atoms with Gasteiger partial charge in [0.2, 0.25) is 11.8 Å². The van der Waals surface area contributed by atoms with E-state index in [1.165, 1.54) is 4.90 Å². The monoisotopic (exact) mass is 375 g/mol. The molecule has 0 spiro atoms. The number of nitrogens with zero attached hydrogens (tertiary/aromatic N) is 1. The Hall–Kier alpha value is -2.37. The van der Waals surface area contributed by atoms with E-state index in [0.29, 0.717) is 12.1 Å². The Morgan fingerprint density at radius 2 is 1.67 bits per heavy atom. The van der Waals surface area contributed by atoms with Crippen molar-refractivity contribution in [2.45, 2.75) is 59.5 Å². The molecule has 0 fully saturated rings. The second-order valence-corrected chi connectivity index (χ2v) is 7.85. The van der Waals surface area contributed by atoms with E-state index in [4.69, 9.17) is 0 Å². The molecule has 1 aromatic carbocycles. The molecule has 0 heterocycles. The van der Waals surface area contributed by atoms with Crippen LogP contribution in [0.5, 0.6) is 0 Å². The number of carbonyl (C=O) groups is 3. The van der Waals surface area contributed by atoms with E-state index >= 15 is 0 Å². The van der Waals surface area contributed by atoms with Crippen LogP contribution in [0.3, 0.4) is 0 Å². The predicted molar refractivity (Wildman–Crippen MR) is 107 cm³/mol. The molecule has 6 heteroatoms. The number of nitrogens with one attached hydrogen (secondary N) is 2. The third kappa shape index (κ3) is 7.41. The van der Waals surface area contributed by atoms with Crippen molar-refractivity contribution in [2.24, 2.45) is 5.92 Å².